The Morgan fingerprint density at radius 2 is 1.94 bits per heavy atom. The Morgan fingerprint density at radius 3 is 2.62 bits per heavy atom. The van der Waals surface area contributed by atoms with E-state index in [-0.39, 0.29) is 42.4 Å². The summed E-state index contributed by atoms with van der Waals surface area (Å²) >= 11 is 0. The summed E-state index contributed by atoms with van der Waals surface area (Å²) in [5.41, 5.74) is 1.06. The molecule has 2 N–H and O–H groups in total. The molecule has 2 saturated carbocycles. The van der Waals surface area contributed by atoms with Gasteiger partial charge in [0.05, 0.1) is 18.2 Å². The fraction of sp³-hybridized carbons (Fsp3) is 0.704. The first-order chi connectivity index (χ1) is 16.4. The molecule has 0 aromatic heterocycles. The molecule has 1 aliphatic heterocycles. The van der Waals surface area contributed by atoms with Crippen LogP contribution in [0.15, 0.2) is 18.2 Å². The van der Waals surface area contributed by atoms with Crippen LogP contribution < -0.4 is 10.1 Å². The third kappa shape index (κ3) is 6.11. The average Bonchev–Trinajstić information content (AvgIpc) is 3.67. The van der Waals surface area contributed by atoms with Crippen molar-refractivity contribution in [2.24, 2.45) is 17.8 Å². The summed E-state index contributed by atoms with van der Waals surface area (Å²) in [6.07, 6.45) is 8.40. The van der Waals surface area contributed by atoms with Crippen molar-refractivity contribution >= 4 is 17.5 Å². The number of hydrogen-bond acceptors (Lipinski definition) is 5. The van der Waals surface area contributed by atoms with E-state index in [0.717, 1.165) is 31.8 Å². The highest BCUT2D eigenvalue weighted by atomic mass is 16.5. The van der Waals surface area contributed by atoms with Gasteiger partial charge < -0.3 is 25.0 Å². The van der Waals surface area contributed by atoms with Crippen LogP contribution in [0, 0.1) is 17.8 Å². The Labute approximate surface area is 203 Å². The van der Waals surface area contributed by atoms with Crippen molar-refractivity contribution in [3.63, 3.8) is 0 Å². The molecule has 0 saturated heterocycles. The normalized spacial score (nSPS) is 24.7. The number of amides is 2. The molecule has 0 spiro atoms. The number of carbonyl (C=O) groups excluding carboxylic acids is 2. The van der Waals surface area contributed by atoms with Crippen LogP contribution >= 0.6 is 0 Å². The quantitative estimate of drug-likeness (QED) is 0.603. The molecule has 4 rings (SSSR count). The number of benzene rings is 1. The molecule has 7 nitrogen and oxygen atoms in total. The highest BCUT2D eigenvalue weighted by Gasteiger charge is 2.34. The summed E-state index contributed by atoms with van der Waals surface area (Å²) in [6, 6.07) is 5.06. The van der Waals surface area contributed by atoms with E-state index in [1.165, 1.54) is 32.1 Å². The van der Waals surface area contributed by atoms with Crippen molar-refractivity contribution in [3.05, 3.63) is 23.8 Å². The standard InChI is InChI=1S/C27H41N3O4/c1-18-14-30(19(2)17-31)27(33)23-13-22(28-26(32)21-9-10-21)11-12-24(23)34-25(18)16-29(3)15-20-7-5-4-6-8-20/h11-13,18-21,25,31H,4-10,14-17H2,1-3H3,(H,28,32)/t18-,19+,25+/m1/s1. The number of ether oxygens (including phenoxy) is 1. The van der Waals surface area contributed by atoms with Gasteiger partial charge in [-0.3, -0.25) is 9.59 Å². The fourth-order valence-corrected chi connectivity index (χ4v) is 5.30. The number of rotatable bonds is 8. The van der Waals surface area contributed by atoms with Crippen LogP contribution in [0.25, 0.3) is 0 Å². The summed E-state index contributed by atoms with van der Waals surface area (Å²) < 4.78 is 6.50. The van der Waals surface area contributed by atoms with Gasteiger partial charge in [-0.1, -0.05) is 26.2 Å². The molecule has 2 fully saturated rings. The molecule has 0 radical (unpaired) electrons. The Kier molecular flexibility index (Phi) is 8.14. The topological polar surface area (TPSA) is 82.1 Å². The molecule has 0 unspecified atom stereocenters. The number of hydrogen-bond donors (Lipinski definition) is 2. The van der Waals surface area contributed by atoms with Crippen LogP contribution in [0.3, 0.4) is 0 Å². The van der Waals surface area contributed by atoms with E-state index in [4.69, 9.17) is 4.74 Å². The number of aliphatic hydroxyl groups is 1. The smallest absolute Gasteiger partial charge is 0.258 e. The molecule has 1 aromatic rings. The van der Waals surface area contributed by atoms with Crippen LogP contribution in [0.1, 0.15) is 69.2 Å². The van der Waals surface area contributed by atoms with Crippen LogP contribution in [0.5, 0.6) is 5.75 Å². The molecule has 2 amide bonds. The average molecular weight is 472 g/mol. The fourth-order valence-electron chi connectivity index (χ4n) is 5.30. The lowest BCUT2D eigenvalue weighted by Gasteiger charge is -2.38. The molecule has 3 aliphatic rings. The summed E-state index contributed by atoms with van der Waals surface area (Å²) in [6.45, 7) is 6.27. The largest absolute Gasteiger partial charge is 0.488 e. The maximum atomic E-state index is 13.5. The highest BCUT2D eigenvalue weighted by molar-refractivity contribution is 6.00. The molecule has 7 heteroatoms. The second kappa shape index (κ2) is 11.1. The van der Waals surface area contributed by atoms with Crippen molar-refractivity contribution in [3.8, 4) is 5.75 Å². The van der Waals surface area contributed by atoms with Crippen LogP contribution in [0.4, 0.5) is 5.69 Å². The van der Waals surface area contributed by atoms with Crippen LogP contribution in [0.2, 0.25) is 0 Å². The van der Waals surface area contributed by atoms with E-state index in [9.17, 15) is 14.7 Å². The van der Waals surface area contributed by atoms with Crippen molar-refractivity contribution in [1.29, 1.82) is 0 Å². The van der Waals surface area contributed by atoms with Crippen molar-refractivity contribution < 1.29 is 19.4 Å². The summed E-state index contributed by atoms with van der Waals surface area (Å²) in [5, 5.41) is 12.8. The minimum Gasteiger partial charge on any atom is -0.488 e. The Bertz CT molecular complexity index is 865. The molecular weight excluding hydrogens is 430 g/mol. The van der Waals surface area contributed by atoms with Crippen molar-refractivity contribution in [1.82, 2.24) is 9.80 Å². The monoisotopic (exact) mass is 471 g/mol. The second-order valence-corrected chi connectivity index (χ2v) is 10.8. The van der Waals surface area contributed by atoms with Gasteiger partial charge >= 0.3 is 0 Å². The van der Waals surface area contributed by atoms with Crippen LogP contribution in [-0.4, -0.2) is 72.2 Å². The number of fused-ring (bicyclic) bond motifs is 1. The Balaban J connectivity index is 1.55. The van der Waals surface area contributed by atoms with E-state index < -0.39 is 0 Å². The maximum absolute atomic E-state index is 13.5. The Morgan fingerprint density at radius 1 is 1.21 bits per heavy atom. The van der Waals surface area contributed by atoms with Gasteiger partial charge in [0, 0.05) is 37.2 Å². The predicted molar refractivity (Wildman–Crippen MR) is 133 cm³/mol. The number of anilines is 1. The molecular formula is C27H41N3O4. The number of nitrogens with one attached hydrogen (secondary N) is 1. The van der Waals surface area contributed by atoms with Gasteiger partial charge in [-0.25, -0.2) is 0 Å². The zero-order valence-corrected chi connectivity index (χ0v) is 21.0. The summed E-state index contributed by atoms with van der Waals surface area (Å²) in [5.74, 6) is 1.33. The third-order valence-electron chi connectivity index (χ3n) is 7.67. The number of carbonyl (C=O) groups is 2. The lowest BCUT2D eigenvalue weighted by Crippen LogP contribution is -2.50. The molecule has 1 aromatic carbocycles. The van der Waals surface area contributed by atoms with Gasteiger partial charge in [0.1, 0.15) is 11.9 Å². The zero-order chi connectivity index (χ0) is 24.2. The predicted octanol–water partition coefficient (Wildman–Crippen LogP) is 3.77. The van der Waals surface area contributed by atoms with Gasteiger partial charge in [0.25, 0.3) is 5.91 Å². The zero-order valence-electron chi connectivity index (χ0n) is 21.0. The van der Waals surface area contributed by atoms with Gasteiger partial charge in [-0.05, 0) is 63.8 Å². The van der Waals surface area contributed by atoms with E-state index in [0.29, 0.717) is 23.5 Å². The maximum Gasteiger partial charge on any atom is 0.258 e. The minimum atomic E-state index is -0.300. The van der Waals surface area contributed by atoms with E-state index in [2.05, 4.69) is 24.2 Å². The number of aliphatic hydroxyl groups excluding tert-OH is 1. The first-order valence-corrected chi connectivity index (χ1v) is 13.1. The summed E-state index contributed by atoms with van der Waals surface area (Å²) in [4.78, 5) is 29.9. The van der Waals surface area contributed by atoms with E-state index in [1.54, 1.807) is 11.0 Å². The molecule has 188 valence electrons. The molecule has 3 atom stereocenters. The molecule has 34 heavy (non-hydrogen) atoms. The first kappa shape index (κ1) is 25.0. The number of nitrogens with zero attached hydrogens (tertiary/aromatic N) is 2. The van der Waals surface area contributed by atoms with Gasteiger partial charge in [0.15, 0.2) is 0 Å². The molecule has 0 bridgehead atoms. The molecule has 1 heterocycles. The van der Waals surface area contributed by atoms with Gasteiger partial charge in [0.2, 0.25) is 5.91 Å². The van der Waals surface area contributed by atoms with E-state index >= 15 is 0 Å². The lowest BCUT2D eigenvalue weighted by molar-refractivity contribution is -0.117. The van der Waals surface area contributed by atoms with Crippen molar-refractivity contribution in [2.75, 3.05) is 38.6 Å². The lowest BCUT2D eigenvalue weighted by atomic mass is 9.89. The van der Waals surface area contributed by atoms with Crippen molar-refractivity contribution in [2.45, 2.75) is 70.9 Å². The molecule has 2 aliphatic carbocycles. The minimum absolute atomic E-state index is 0.00980. The Hall–Kier alpha value is -2.12. The first-order valence-electron chi connectivity index (χ1n) is 13.1. The number of likely N-dealkylation sites (N-methyl/N-ethyl adjacent to an activating group) is 1. The van der Waals surface area contributed by atoms with Crippen LogP contribution in [-0.2, 0) is 4.79 Å². The van der Waals surface area contributed by atoms with Gasteiger partial charge in [-0.15, -0.1) is 0 Å². The second-order valence-electron chi connectivity index (χ2n) is 10.8. The van der Waals surface area contributed by atoms with Gasteiger partial charge in [-0.2, -0.15) is 0 Å². The highest BCUT2D eigenvalue weighted by Crippen LogP contribution is 2.33. The summed E-state index contributed by atoms with van der Waals surface area (Å²) in [7, 11) is 2.17. The SMILES string of the molecule is C[C@@H]1CN([C@@H](C)CO)C(=O)c2cc(NC(=O)C3CC3)ccc2O[C@H]1CN(C)CC1CCCCC1. The third-order valence-corrected chi connectivity index (χ3v) is 7.67. The van der Waals surface area contributed by atoms with E-state index in [1.807, 2.05) is 19.1 Å².